The van der Waals surface area contributed by atoms with Gasteiger partial charge in [0.1, 0.15) is 5.39 Å². The van der Waals surface area contributed by atoms with Crippen LogP contribution in [0, 0.1) is 0 Å². The monoisotopic (exact) mass is 276 g/mol. The van der Waals surface area contributed by atoms with Gasteiger partial charge in [0.25, 0.3) is 0 Å². The smallest absolute Gasteiger partial charge is 0.204 e. The molecule has 0 bridgehead atoms. The Morgan fingerprint density at radius 3 is 2.20 bits per heavy atom. The van der Waals surface area contributed by atoms with E-state index >= 15 is 0 Å². The highest BCUT2D eigenvalue weighted by atomic mass is 16.4. The molecular weight excluding hydrogens is 268 g/mol. The summed E-state index contributed by atoms with van der Waals surface area (Å²) in [4.78, 5) is 12.2. The van der Waals surface area contributed by atoms with Gasteiger partial charge in [-0.2, -0.15) is 0 Å². The van der Waals surface area contributed by atoms with Crippen molar-refractivity contribution in [3.63, 3.8) is 0 Å². The summed E-state index contributed by atoms with van der Waals surface area (Å²) < 4.78 is 5.17. The van der Waals surface area contributed by atoms with Crippen molar-refractivity contribution >= 4 is 21.9 Å². The minimum Gasteiger partial charge on any atom is -0.504 e. The average Bonchev–Trinajstić information content (AvgIpc) is 2.40. The number of fused-ring (bicyclic) bond motifs is 2. The Balaban J connectivity index is 2.69. The van der Waals surface area contributed by atoms with Gasteiger partial charge in [0.05, 0.1) is 5.39 Å². The van der Waals surface area contributed by atoms with Gasteiger partial charge in [-0.05, 0) is 12.1 Å². The number of phenolic OH excluding ortho intramolecular Hbond substituents is 5. The standard InChI is InChI=1S/C13H8O7/c14-5-2-1-4-9(17)8-10(18)6(15)3-7(16)13(8)20-12(4)11(5)19/h1-3,14-16,18-19H. The summed E-state index contributed by atoms with van der Waals surface area (Å²) in [5, 5.41) is 47.3. The van der Waals surface area contributed by atoms with Crippen LogP contribution in [0.1, 0.15) is 0 Å². The Hall–Kier alpha value is -3.09. The third-order valence-electron chi connectivity index (χ3n) is 3.00. The number of aromatic hydroxyl groups is 5. The molecule has 0 aliphatic carbocycles. The molecule has 0 spiro atoms. The highest BCUT2D eigenvalue weighted by molar-refractivity contribution is 5.99. The lowest BCUT2D eigenvalue weighted by Gasteiger charge is -2.07. The van der Waals surface area contributed by atoms with Gasteiger partial charge in [-0.3, -0.25) is 4.79 Å². The zero-order chi connectivity index (χ0) is 14.6. The van der Waals surface area contributed by atoms with Gasteiger partial charge in [0.15, 0.2) is 34.2 Å². The minimum atomic E-state index is -0.764. The average molecular weight is 276 g/mol. The van der Waals surface area contributed by atoms with E-state index < -0.39 is 45.1 Å². The van der Waals surface area contributed by atoms with Gasteiger partial charge in [-0.1, -0.05) is 0 Å². The maximum absolute atomic E-state index is 12.2. The molecule has 20 heavy (non-hydrogen) atoms. The highest BCUT2D eigenvalue weighted by Gasteiger charge is 2.20. The normalized spacial score (nSPS) is 11.2. The lowest BCUT2D eigenvalue weighted by molar-refractivity contribution is 0.395. The second-order valence-electron chi connectivity index (χ2n) is 4.21. The summed E-state index contributed by atoms with van der Waals surface area (Å²) in [6.45, 7) is 0. The second-order valence-corrected chi connectivity index (χ2v) is 4.21. The van der Waals surface area contributed by atoms with E-state index in [1.54, 1.807) is 0 Å². The molecule has 3 aromatic rings. The fraction of sp³-hybridized carbons (Fsp3) is 0. The molecule has 0 amide bonds. The Morgan fingerprint density at radius 1 is 0.800 bits per heavy atom. The summed E-state index contributed by atoms with van der Waals surface area (Å²) in [7, 11) is 0. The van der Waals surface area contributed by atoms with E-state index in [9.17, 15) is 30.3 Å². The SMILES string of the molecule is O=c1c2ccc(O)c(O)c2oc2c(O)cc(O)c(O)c12. The molecule has 0 aliphatic heterocycles. The summed E-state index contributed by atoms with van der Waals surface area (Å²) in [6.07, 6.45) is 0. The maximum Gasteiger partial charge on any atom is 0.204 e. The highest BCUT2D eigenvalue weighted by Crippen LogP contribution is 2.41. The van der Waals surface area contributed by atoms with E-state index in [1.807, 2.05) is 0 Å². The molecule has 7 nitrogen and oxygen atoms in total. The van der Waals surface area contributed by atoms with E-state index in [1.165, 1.54) is 6.07 Å². The van der Waals surface area contributed by atoms with E-state index in [0.717, 1.165) is 12.1 Å². The molecule has 102 valence electrons. The van der Waals surface area contributed by atoms with Crippen LogP contribution in [-0.4, -0.2) is 25.5 Å². The van der Waals surface area contributed by atoms with Crippen molar-refractivity contribution in [2.45, 2.75) is 0 Å². The van der Waals surface area contributed by atoms with Crippen LogP contribution in [0.25, 0.3) is 21.9 Å². The van der Waals surface area contributed by atoms with E-state index in [-0.39, 0.29) is 11.0 Å². The van der Waals surface area contributed by atoms with E-state index in [0.29, 0.717) is 0 Å². The van der Waals surface area contributed by atoms with Crippen LogP contribution in [0.2, 0.25) is 0 Å². The van der Waals surface area contributed by atoms with Gasteiger partial charge >= 0.3 is 0 Å². The number of hydrogen-bond acceptors (Lipinski definition) is 7. The molecule has 2 aromatic carbocycles. The molecule has 1 heterocycles. The molecule has 0 saturated carbocycles. The lowest BCUT2D eigenvalue weighted by atomic mass is 10.1. The third-order valence-corrected chi connectivity index (χ3v) is 3.00. The Morgan fingerprint density at radius 2 is 1.50 bits per heavy atom. The summed E-state index contributed by atoms with van der Waals surface area (Å²) in [6, 6.07) is 3.07. The molecule has 7 heteroatoms. The van der Waals surface area contributed by atoms with E-state index in [4.69, 9.17) is 4.42 Å². The first-order valence-electron chi connectivity index (χ1n) is 5.47. The molecule has 3 rings (SSSR count). The quantitative estimate of drug-likeness (QED) is 0.238. The first-order valence-corrected chi connectivity index (χ1v) is 5.47. The molecular formula is C13H8O7. The summed E-state index contributed by atoms with van der Waals surface area (Å²) >= 11 is 0. The predicted octanol–water partition coefficient (Wildman–Crippen LogP) is 1.47. The van der Waals surface area contributed by atoms with Gasteiger partial charge in [0.2, 0.25) is 11.2 Å². The van der Waals surface area contributed by atoms with Crippen molar-refractivity contribution in [1.29, 1.82) is 0 Å². The number of hydrogen-bond donors (Lipinski definition) is 5. The van der Waals surface area contributed by atoms with E-state index in [2.05, 4.69) is 0 Å². The van der Waals surface area contributed by atoms with Crippen LogP contribution in [0.5, 0.6) is 28.7 Å². The number of benzene rings is 2. The molecule has 0 radical (unpaired) electrons. The largest absolute Gasteiger partial charge is 0.504 e. The third kappa shape index (κ3) is 1.37. The van der Waals surface area contributed by atoms with Crippen LogP contribution < -0.4 is 5.43 Å². The van der Waals surface area contributed by atoms with Gasteiger partial charge in [0, 0.05) is 6.07 Å². The predicted molar refractivity (Wildman–Crippen MR) is 68.3 cm³/mol. The first kappa shape index (κ1) is 12.0. The molecule has 0 saturated heterocycles. The summed E-state index contributed by atoms with van der Waals surface area (Å²) in [5.41, 5.74) is -1.50. The van der Waals surface area contributed by atoms with Crippen molar-refractivity contribution in [2.24, 2.45) is 0 Å². The van der Waals surface area contributed by atoms with Crippen molar-refractivity contribution in [2.75, 3.05) is 0 Å². The molecule has 0 unspecified atom stereocenters. The molecule has 0 fully saturated rings. The molecule has 5 N–H and O–H groups in total. The van der Waals surface area contributed by atoms with Crippen molar-refractivity contribution < 1.29 is 29.9 Å². The zero-order valence-electron chi connectivity index (χ0n) is 9.78. The van der Waals surface area contributed by atoms with Gasteiger partial charge < -0.3 is 29.9 Å². The Labute approximate surface area is 110 Å². The van der Waals surface area contributed by atoms with Crippen LogP contribution >= 0.6 is 0 Å². The maximum atomic E-state index is 12.2. The Kier molecular flexibility index (Phi) is 2.22. The lowest BCUT2D eigenvalue weighted by Crippen LogP contribution is -2.02. The summed E-state index contributed by atoms with van der Waals surface area (Å²) in [5.74, 6) is -3.15. The minimum absolute atomic E-state index is 0.117. The number of phenols is 5. The van der Waals surface area contributed by atoms with Gasteiger partial charge in [-0.15, -0.1) is 0 Å². The topological polar surface area (TPSA) is 131 Å². The molecule has 1 aromatic heterocycles. The first-order chi connectivity index (χ1) is 9.41. The van der Waals surface area contributed by atoms with Crippen molar-refractivity contribution in [3.05, 3.63) is 28.4 Å². The second kappa shape index (κ2) is 3.70. The van der Waals surface area contributed by atoms with Crippen LogP contribution in [-0.2, 0) is 0 Å². The fourth-order valence-corrected chi connectivity index (χ4v) is 2.02. The molecule has 0 aliphatic rings. The van der Waals surface area contributed by atoms with Crippen LogP contribution in [0.4, 0.5) is 0 Å². The fourth-order valence-electron chi connectivity index (χ4n) is 2.02. The van der Waals surface area contributed by atoms with Crippen LogP contribution in [0.15, 0.2) is 27.4 Å². The Bertz CT molecular complexity index is 924. The molecule has 0 atom stereocenters. The van der Waals surface area contributed by atoms with Crippen LogP contribution in [0.3, 0.4) is 0 Å². The number of rotatable bonds is 0. The van der Waals surface area contributed by atoms with Gasteiger partial charge in [-0.25, -0.2) is 0 Å². The van der Waals surface area contributed by atoms with Crippen molar-refractivity contribution in [3.8, 4) is 28.7 Å². The van der Waals surface area contributed by atoms with Crippen molar-refractivity contribution in [1.82, 2.24) is 0 Å². The zero-order valence-corrected chi connectivity index (χ0v) is 9.78.